The highest BCUT2D eigenvalue weighted by molar-refractivity contribution is 6.31. The van der Waals surface area contributed by atoms with E-state index < -0.39 is 36.2 Å². The number of hydrazine groups is 1. The number of hydrogen-bond acceptors (Lipinski definition) is 5. The molecule has 0 unspecified atom stereocenters. The highest BCUT2D eigenvalue weighted by Crippen LogP contribution is 2.21. The van der Waals surface area contributed by atoms with Crippen LogP contribution < -0.4 is 10.7 Å². The smallest absolute Gasteiger partial charge is 0.311 e. The third-order valence-corrected chi connectivity index (χ3v) is 4.79. The van der Waals surface area contributed by atoms with Crippen LogP contribution in [0.1, 0.15) is 22.3 Å². The van der Waals surface area contributed by atoms with Crippen molar-refractivity contribution in [3.63, 3.8) is 0 Å². The molecule has 1 saturated heterocycles. The lowest BCUT2D eigenvalue weighted by molar-refractivity contribution is -0.151. The van der Waals surface area contributed by atoms with E-state index in [9.17, 15) is 19.2 Å². The summed E-state index contributed by atoms with van der Waals surface area (Å²) >= 11 is 5.91. The topological polar surface area (TPSA) is 105 Å². The Balaban J connectivity index is 1.49. The molecule has 1 aliphatic heterocycles. The SMILES string of the molecule is Cc1ccc(Cl)cc1NC(=O)COC(=O)[C@@H]1CC(=O)N(NC(=O)c2ccccc2)C1. The number of carbonyl (C=O) groups is 4. The summed E-state index contributed by atoms with van der Waals surface area (Å²) in [4.78, 5) is 48.6. The first-order valence-corrected chi connectivity index (χ1v) is 9.60. The number of halogens is 1. The van der Waals surface area contributed by atoms with Crippen LogP contribution in [0.25, 0.3) is 0 Å². The van der Waals surface area contributed by atoms with Crippen LogP contribution in [0.4, 0.5) is 5.69 Å². The number of amides is 3. The zero-order chi connectivity index (χ0) is 21.7. The molecule has 2 aromatic rings. The first-order valence-electron chi connectivity index (χ1n) is 9.22. The Morgan fingerprint density at radius 2 is 1.90 bits per heavy atom. The van der Waals surface area contributed by atoms with Crippen molar-refractivity contribution in [3.05, 3.63) is 64.7 Å². The van der Waals surface area contributed by atoms with Gasteiger partial charge < -0.3 is 10.1 Å². The Labute approximate surface area is 178 Å². The number of aryl methyl sites for hydroxylation is 1. The van der Waals surface area contributed by atoms with Gasteiger partial charge in [0, 0.05) is 22.7 Å². The van der Waals surface area contributed by atoms with Crippen molar-refractivity contribution < 1.29 is 23.9 Å². The van der Waals surface area contributed by atoms with Gasteiger partial charge in [0.15, 0.2) is 6.61 Å². The molecule has 3 rings (SSSR count). The minimum Gasteiger partial charge on any atom is -0.455 e. The molecule has 2 N–H and O–H groups in total. The molecular weight excluding hydrogens is 410 g/mol. The third kappa shape index (κ3) is 5.36. The Kier molecular flexibility index (Phi) is 6.68. The van der Waals surface area contributed by atoms with Crippen LogP contribution in [0.15, 0.2) is 48.5 Å². The van der Waals surface area contributed by atoms with Crippen molar-refractivity contribution in [2.75, 3.05) is 18.5 Å². The number of anilines is 1. The van der Waals surface area contributed by atoms with Crippen LogP contribution in [0, 0.1) is 12.8 Å². The van der Waals surface area contributed by atoms with Crippen LogP contribution in [-0.2, 0) is 19.1 Å². The summed E-state index contributed by atoms with van der Waals surface area (Å²) in [5.41, 5.74) is 4.21. The average molecular weight is 430 g/mol. The number of nitrogens with one attached hydrogen (secondary N) is 2. The molecular formula is C21H20ClN3O5. The molecule has 1 atom stereocenters. The van der Waals surface area contributed by atoms with Gasteiger partial charge in [0.25, 0.3) is 11.8 Å². The van der Waals surface area contributed by atoms with Gasteiger partial charge in [-0.1, -0.05) is 35.9 Å². The second-order valence-electron chi connectivity index (χ2n) is 6.83. The number of rotatable bonds is 6. The van der Waals surface area contributed by atoms with Crippen LogP contribution in [0.3, 0.4) is 0 Å². The summed E-state index contributed by atoms with van der Waals surface area (Å²) in [6, 6.07) is 13.5. The molecule has 30 heavy (non-hydrogen) atoms. The van der Waals surface area contributed by atoms with E-state index >= 15 is 0 Å². The van der Waals surface area contributed by atoms with E-state index in [2.05, 4.69) is 10.7 Å². The lowest BCUT2D eigenvalue weighted by Crippen LogP contribution is -2.43. The number of hydrogen-bond donors (Lipinski definition) is 2. The van der Waals surface area contributed by atoms with E-state index in [0.29, 0.717) is 16.3 Å². The standard InChI is InChI=1S/C21H20ClN3O5/c1-13-7-8-16(22)10-17(13)23-18(26)12-30-21(29)15-9-19(27)25(11-15)24-20(28)14-5-3-2-4-6-14/h2-8,10,15H,9,11-12H2,1H3,(H,23,26)(H,24,28)/t15-/m1/s1. The second-order valence-corrected chi connectivity index (χ2v) is 7.26. The predicted octanol–water partition coefficient (Wildman–Crippen LogP) is 2.32. The van der Waals surface area contributed by atoms with E-state index in [4.69, 9.17) is 16.3 Å². The van der Waals surface area contributed by atoms with Gasteiger partial charge in [-0.2, -0.15) is 0 Å². The lowest BCUT2D eigenvalue weighted by Gasteiger charge is -2.17. The minimum atomic E-state index is -0.769. The van der Waals surface area contributed by atoms with Gasteiger partial charge in [0.1, 0.15) is 0 Å². The fourth-order valence-electron chi connectivity index (χ4n) is 2.92. The van der Waals surface area contributed by atoms with E-state index in [-0.39, 0.29) is 13.0 Å². The number of nitrogens with zero attached hydrogens (tertiary/aromatic N) is 1. The predicted molar refractivity (Wildman–Crippen MR) is 110 cm³/mol. The summed E-state index contributed by atoms with van der Waals surface area (Å²) in [6.45, 7) is 1.29. The molecule has 3 amide bonds. The fourth-order valence-corrected chi connectivity index (χ4v) is 3.09. The first-order chi connectivity index (χ1) is 14.3. The molecule has 0 radical (unpaired) electrons. The Morgan fingerprint density at radius 3 is 2.63 bits per heavy atom. The first kappa shape index (κ1) is 21.3. The minimum absolute atomic E-state index is 0.0226. The maximum absolute atomic E-state index is 12.3. The maximum atomic E-state index is 12.3. The van der Waals surface area contributed by atoms with Crippen molar-refractivity contribution in [2.45, 2.75) is 13.3 Å². The van der Waals surface area contributed by atoms with Gasteiger partial charge >= 0.3 is 5.97 Å². The molecule has 1 heterocycles. The van der Waals surface area contributed by atoms with Crippen LogP contribution in [-0.4, -0.2) is 41.9 Å². The summed E-state index contributed by atoms with van der Waals surface area (Å²) < 4.78 is 5.04. The molecule has 9 heteroatoms. The third-order valence-electron chi connectivity index (χ3n) is 4.55. The zero-order valence-corrected chi connectivity index (χ0v) is 16.9. The number of benzene rings is 2. The van der Waals surface area contributed by atoms with Gasteiger partial charge in [-0.15, -0.1) is 0 Å². The van der Waals surface area contributed by atoms with Gasteiger partial charge in [0.2, 0.25) is 5.91 Å². The Bertz CT molecular complexity index is 980. The van der Waals surface area contributed by atoms with E-state index in [1.807, 2.05) is 0 Å². The molecule has 0 saturated carbocycles. The zero-order valence-electron chi connectivity index (χ0n) is 16.2. The monoisotopic (exact) mass is 429 g/mol. The van der Waals surface area contributed by atoms with Crippen molar-refractivity contribution in [1.29, 1.82) is 0 Å². The molecule has 156 valence electrons. The fraction of sp³-hybridized carbons (Fsp3) is 0.238. The number of esters is 1. The quantitative estimate of drug-likeness (QED) is 0.686. The highest BCUT2D eigenvalue weighted by Gasteiger charge is 2.36. The Morgan fingerprint density at radius 1 is 1.17 bits per heavy atom. The molecule has 0 bridgehead atoms. The van der Waals surface area contributed by atoms with Crippen LogP contribution in [0.5, 0.6) is 0 Å². The largest absolute Gasteiger partial charge is 0.455 e. The molecule has 0 aliphatic carbocycles. The molecule has 0 aromatic heterocycles. The Hall–Kier alpha value is -3.39. The maximum Gasteiger partial charge on any atom is 0.311 e. The van der Waals surface area contributed by atoms with E-state index in [1.54, 1.807) is 55.5 Å². The molecule has 1 fully saturated rings. The van der Waals surface area contributed by atoms with Crippen molar-refractivity contribution in [2.24, 2.45) is 5.92 Å². The molecule has 1 aliphatic rings. The number of carbonyl (C=O) groups excluding carboxylic acids is 4. The van der Waals surface area contributed by atoms with Crippen molar-refractivity contribution in [3.8, 4) is 0 Å². The summed E-state index contributed by atoms with van der Waals surface area (Å²) in [5, 5.41) is 4.19. The van der Waals surface area contributed by atoms with Crippen LogP contribution in [0.2, 0.25) is 5.02 Å². The normalized spacial score (nSPS) is 15.6. The van der Waals surface area contributed by atoms with Crippen molar-refractivity contribution >= 4 is 41.0 Å². The van der Waals surface area contributed by atoms with Crippen molar-refractivity contribution in [1.82, 2.24) is 10.4 Å². The summed E-state index contributed by atoms with van der Waals surface area (Å²) in [7, 11) is 0. The van der Waals surface area contributed by atoms with Gasteiger partial charge in [0.05, 0.1) is 12.5 Å². The van der Waals surface area contributed by atoms with Gasteiger partial charge in [-0.3, -0.25) is 29.6 Å². The second kappa shape index (κ2) is 9.41. The summed E-state index contributed by atoms with van der Waals surface area (Å²) in [5.74, 6) is -2.83. The molecule has 8 nitrogen and oxygen atoms in total. The van der Waals surface area contributed by atoms with Gasteiger partial charge in [-0.25, -0.2) is 0 Å². The summed E-state index contributed by atoms with van der Waals surface area (Å²) in [6.07, 6.45) is -0.108. The van der Waals surface area contributed by atoms with E-state index in [0.717, 1.165) is 10.6 Å². The number of ether oxygens (including phenoxy) is 1. The molecule has 0 spiro atoms. The average Bonchev–Trinajstić information content (AvgIpc) is 3.10. The molecule has 2 aromatic carbocycles. The lowest BCUT2D eigenvalue weighted by atomic mass is 10.1. The van der Waals surface area contributed by atoms with Gasteiger partial charge in [-0.05, 0) is 36.8 Å². The van der Waals surface area contributed by atoms with E-state index in [1.165, 1.54) is 0 Å². The highest BCUT2D eigenvalue weighted by atomic mass is 35.5. The van der Waals surface area contributed by atoms with Crippen LogP contribution >= 0.6 is 11.6 Å².